The largest absolute Gasteiger partial charge is 0.364 e. The lowest BCUT2D eigenvalue weighted by Crippen LogP contribution is -2.11. The van der Waals surface area contributed by atoms with E-state index < -0.39 is 5.91 Å². The van der Waals surface area contributed by atoms with Crippen molar-refractivity contribution >= 4 is 5.91 Å². The molecule has 0 aromatic carbocycles. The Kier molecular flexibility index (Phi) is 2.90. The molecule has 2 aromatic rings. The smallest absolute Gasteiger partial charge is 0.270 e. The van der Waals surface area contributed by atoms with Gasteiger partial charge in [-0.1, -0.05) is 5.21 Å². The first-order valence-corrected chi connectivity index (χ1v) is 5.30. The van der Waals surface area contributed by atoms with E-state index in [9.17, 15) is 4.79 Å². The number of aromatic nitrogens is 5. The van der Waals surface area contributed by atoms with Crippen molar-refractivity contribution in [3.8, 4) is 0 Å². The molecule has 0 bridgehead atoms. The van der Waals surface area contributed by atoms with Gasteiger partial charge in [-0.15, -0.1) is 5.10 Å². The maximum absolute atomic E-state index is 10.8. The van der Waals surface area contributed by atoms with Crippen molar-refractivity contribution in [2.24, 2.45) is 5.73 Å². The molecule has 7 nitrogen and oxygen atoms in total. The maximum Gasteiger partial charge on any atom is 0.270 e. The fourth-order valence-electron chi connectivity index (χ4n) is 1.40. The van der Waals surface area contributed by atoms with Gasteiger partial charge in [0, 0.05) is 12.2 Å². The van der Waals surface area contributed by atoms with Crippen LogP contribution in [0, 0.1) is 0 Å². The van der Waals surface area contributed by atoms with Gasteiger partial charge in [0.1, 0.15) is 0 Å². The zero-order valence-electron chi connectivity index (χ0n) is 9.74. The quantitative estimate of drug-likeness (QED) is 0.818. The summed E-state index contributed by atoms with van der Waals surface area (Å²) < 4.78 is 3.40. The zero-order chi connectivity index (χ0) is 12.4. The summed E-state index contributed by atoms with van der Waals surface area (Å²) in [4.78, 5) is 10.8. The Labute approximate surface area is 98.2 Å². The van der Waals surface area contributed by atoms with Crippen LogP contribution in [-0.4, -0.2) is 30.7 Å². The Morgan fingerprint density at radius 2 is 2.29 bits per heavy atom. The van der Waals surface area contributed by atoms with Gasteiger partial charge in [-0.05, 0) is 19.9 Å². The van der Waals surface area contributed by atoms with Crippen molar-refractivity contribution in [1.29, 1.82) is 0 Å². The normalized spacial score (nSPS) is 11.0. The fourth-order valence-corrected chi connectivity index (χ4v) is 1.40. The second kappa shape index (κ2) is 4.36. The van der Waals surface area contributed by atoms with Crippen molar-refractivity contribution in [1.82, 2.24) is 24.8 Å². The lowest BCUT2D eigenvalue weighted by Gasteiger charge is -2.03. The van der Waals surface area contributed by atoms with Crippen LogP contribution >= 0.6 is 0 Å². The van der Waals surface area contributed by atoms with Crippen LogP contribution in [0.3, 0.4) is 0 Å². The van der Waals surface area contributed by atoms with Crippen LogP contribution in [-0.2, 0) is 6.54 Å². The van der Waals surface area contributed by atoms with Crippen LogP contribution in [0.25, 0.3) is 0 Å². The molecular formula is C10H14N6O. The molecule has 0 saturated heterocycles. The molecule has 1 amide bonds. The van der Waals surface area contributed by atoms with Gasteiger partial charge in [0.2, 0.25) is 0 Å². The zero-order valence-corrected chi connectivity index (χ0v) is 9.74. The van der Waals surface area contributed by atoms with Gasteiger partial charge in [-0.3, -0.25) is 9.48 Å². The van der Waals surface area contributed by atoms with Crippen molar-refractivity contribution < 1.29 is 4.79 Å². The fraction of sp³-hybridized carbons (Fsp3) is 0.400. The van der Waals surface area contributed by atoms with Crippen LogP contribution < -0.4 is 5.73 Å². The Hall–Kier alpha value is -2.18. The molecule has 0 saturated carbocycles. The SMILES string of the molecule is CC(C)n1ccc(Cn2cc(C(N)=O)nn2)n1. The molecule has 2 N–H and O–H groups in total. The number of primary amides is 1. The highest BCUT2D eigenvalue weighted by Gasteiger charge is 2.08. The number of carbonyl (C=O) groups excluding carboxylic acids is 1. The summed E-state index contributed by atoms with van der Waals surface area (Å²) in [6, 6.07) is 2.23. The number of rotatable bonds is 4. The van der Waals surface area contributed by atoms with Gasteiger partial charge < -0.3 is 5.73 Å². The number of hydrogen-bond donors (Lipinski definition) is 1. The highest BCUT2D eigenvalue weighted by atomic mass is 16.1. The van der Waals surface area contributed by atoms with Crippen LogP contribution in [0.1, 0.15) is 36.1 Å². The summed E-state index contributed by atoms with van der Waals surface area (Å²) in [6.45, 7) is 4.58. The van der Waals surface area contributed by atoms with Crippen molar-refractivity contribution in [2.75, 3.05) is 0 Å². The average molecular weight is 234 g/mol. The minimum absolute atomic E-state index is 0.160. The third-order valence-corrected chi connectivity index (χ3v) is 2.31. The van der Waals surface area contributed by atoms with E-state index in [0.29, 0.717) is 12.6 Å². The summed E-state index contributed by atoms with van der Waals surface area (Å²) in [5, 5.41) is 11.8. The summed E-state index contributed by atoms with van der Waals surface area (Å²) in [5.41, 5.74) is 6.11. The third-order valence-electron chi connectivity index (χ3n) is 2.31. The molecule has 0 unspecified atom stereocenters. The number of carbonyl (C=O) groups is 1. The summed E-state index contributed by atoms with van der Waals surface area (Å²) in [6.07, 6.45) is 3.42. The lowest BCUT2D eigenvalue weighted by atomic mass is 10.4. The molecule has 7 heteroatoms. The maximum atomic E-state index is 10.8. The molecule has 0 atom stereocenters. The van der Waals surface area contributed by atoms with Crippen LogP contribution in [0.4, 0.5) is 0 Å². The molecule has 0 aliphatic carbocycles. The lowest BCUT2D eigenvalue weighted by molar-refractivity contribution is 0.0995. The minimum atomic E-state index is -0.580. The van der Waals surface area contributed by atoms with E-state index >= 15 is 0 Å². The Bertz CT molecular complexity index is 526. The topological polar surface area (TPSA) is 91.6 Å². The summed E-state index contributed by atoms with van der Waals surface area (Å²) in [5.74, 6) is -0.580. The molecular weight excluding hydrogens is 220 g/mol. The monoisotopic (exact) mass is 234 g/mol. The first-order valence-electron chi connectivity index (χ1n) is 5.30. The molecule has 90 valence electrons. The van der Waals surface area contributed by atoms with E-state index in [1.807, 2.05) is 16.9 Å². The van der Waals surface area contributed by atoms with E-state index in [2.05, 4.69) is 29.3 Å². The molecule has 17 heavy (non-hydrogen) atoms. The van der Waals surface area contributed by atoms with Gasteiger partial charge in [0.15, 0.2) is 5.69 Å². The van der Waals surface area contributed by atoms with E-state index in [1.54, 1.807) is 0 Å². The first-order chi connectivity index (χ1) is 8.06. The van der Waals surface area contributed by atoms with Gasteiger partial charge in [0.25, 0.3) is 5.91 Å². The van der Waals surface area contributed by atoms with Gasteiger partial charge in [-0.25, -0.2) is 4.68 Å². The Balaban J connectivity index is 2.11. The molecule has 2 heterocycles. The predicted octanol–water partition coefficient (Wildman–Crippen LogP) is 0.203. The van der Waals surface area contributed by atoms with Crippen molar-refractivity contribution in [3.63, 3.8) is 0 Å². The molecule has 0 fully saturated rings. The van der Waals surface area contributed by atoms with Crippen LogP contribution in [0.2, 0.25) is 0 Å². The highest BCUT2D eigenvalue weighted by molar-refractivity contribution is 5.90. The molecule has 2 aromatic heterocycles. The minimum Gasteiger partial charge on any atom is -0.364 e. The molecule has 0 spiro atoms. The summed E-state index contributed by atoms with van der Waals surface area (Å²) >= 11 is 0. The van der Waals surface area contributed by atoms with E-state index in [-0.39, 0.29) is 5.69 Å². The second-order valence-electron chi connectivity index (χ2n) is 4.05. The van der Waals surface area contributed by atoms with Crippen molar-refractivity contribution in [3.05, 3.63) is 29.8 Å². The molecule has 0 radical (unpaired) electrons. The van der Waals surface area contributed by atoms with Gasteiger partial charge >= 0.3 is 0 Å². The third kappa shape index (κ3) is 2.49. The van der Waals surface area contributed by atoms with E-state index in [1.165, 1.54) is 10.9 Å². The number of nitrogens with zero attached hydrogens (tertiary/aromatic N) is 5. The predicted molar refractivity (Wildman–Crippen MR) is 60.3 cm³/mol. The van der Waals surface area contributed by atoms with Crippen LogP contribution in [0.15, 0.2) is 18.5 Å². The first kappa shape index (κ1) is 11.3. The van der Waals surface area contributed by atoms with Gasteiger partial charge in [0.05, 0.1) is 18.4 Å². The number of hydrogen-bond acceptors (Lipinski definition) is 4. The molecule has 0 aliphatic heterocycles. The van der Waals surface area contributed by atoms with E-state index in [4.69, 9.17) is 5.73 Å². The standard InChI is InChI=1S/C10H14N6O/c1-7(2)16-4-3-8(13-16)5-15-6-9(10(11)17)12-14-15/h3-4,6-7H,5H2,1-2H3,(H2,11,17). The second-order valence-corrected chi connectivity index (χ2v) is 4.05. The Morgan fingerprint density at radius 1 is 1.53 bits per heavy atom. The number of nitrogens with two attached hydrogens (primary N) is 1. The number of amides is 1. The van der Waals surface area contributed by atoms with Crippen molar-refractivity contribution in [2.45, 2.75) is 26.4 Å². The van der Waals surface area contributed by atoms with E-state index in [0.717, 1.165) is 5.69 Å². The Morgan fingerprint density at radius 3 is 2.82 bits per heavy atom. The molecule has 0 aliphatic rings. The molecule has 2 rings (SSSR count). The highest BCUT2D eigenvalue weighted by Crippen LogP contribution is 2.05. The van der Waals surface area contributed by atoms with Gasteiger partial charge in [-0.2, -0.15) is 5.10 Å². The van der Waals surface area contributed by atoms with Crippen LogP contribution in [0.5, 0.6) is 0 Å². The average Bonchev–Trinajstić information content (AvgIpc) is 2.87. The summed E-state index contributed by atoms with van der Waals surface area (Å²) in [7, 11) is 0.